The predicted molar refractivity (Wildman–Crippen MR) is 180 cm³/mol. The second-order valence-electron chi connectivity index (χ2n) is 10.2. The lowest BCUT2D eigenvalue weighted by Gasteiger charge is -2.26. The van der Waals surface area contributed by atoms with Gasteiger partial charge in [-0.3, -0.25) is 9.36 Å². The average molecular weight is 761 g/mol. The monoisotopic (exact) mass is 758 g/mol. The molecule has 0 fully saturated rings. The maximum Gasteiger partial charge on any atom is 0.338 e. The number of aromatic nitrogens is 1. The van der Waals surface area contributed by atoms with Crippen molar-refractivity contribution < 1.29 is 19.0 Å². The molecule has 1 aliphatic rings. The van der Waals surface area contributed by atoms with E-state index < -0.39 is 12.0 Å². The van der Waals surface area contributed by atoms with Crippen LogP contribution in [0, 0.1) is 0 Å². The van der Waals surface area contributed by atoms with Crippen LogP contribution in [-0.2, 0) is 16.1 Å². The van der Waals surface area contributed by atoms with Crippen LogP contribution < -0.4 is 24.4 Å². The summed E-state index contributed by atoms with van der Waals surface area (Å²) in [6, 6.07) is 17.9. The van der Waals surface area contributed by atoms with Gasteiger partial charge >= 0.3 is 5.97 Å². The molecule has 0 unspecified atom stereocenters. The van der Waals surface area contributed by atoms with Gasteiger partial charge in [0.15, 0.2) is 4.80 Å². The molecule has 228 valence electrons. The SMILES string of the molecule is CCOC(=O)C1=C(C)N=c2s/c(=C\c3cc(Cl)cc(Br)c3OCc3ccc(Br)cc3)c(=O)n2[C@@H]1c1ccccc1OC(C)C. The van der Waals surface area contributed by atoms with Crippen LogP contribution >= 0.6 is 54.8 Å². The van der Waals surface area contributed by atoms with Crippen LogP contribution in [0.15, 0.2) is 90.7 Å². The highest BCUT2D eigenvalue weighted by Crippen LogP contribution is 2.37. The minimum Gasteiger partial charge on any atom is -0.491 e. The molecule has 4 aromatic rings. The van der Waals surface area contributed by atoms with Gasteiger partial charge in [-0.1, -0.05) is 69.2 Å². The van der Waals surface area contributed by atoms with Gasteiger partial charge in [0.2, 0.25) is 0 Å². The van der Waals surface area contributed by atoms with E-state index in [2.05, 4.69) is 36.9 Å². The second kappa shape index (κ2) is 13.9. The Morgan fingerprint density at radius 3 is 2.57 bits per heavy atom. The number of nitrogens with zero attached hydrogens (tertiary/aromatic N) is 2. The fourth-order valence-corrected chi connectivity index (χ4v) is 7.12. The van der Waals surface area contributed by atoms with Crippen molar-refractivity contribution in [3.63, 3.8) is 0 Å². The highest BCUT2D eigenvalue weighted by Gasteiger charge is 2.35. The minimum atomic E-state index is -0.804. The molecule has 0 radical (unpaired) electrons. The van der Waals surface area contributed by atoms with Crippen molar-refractivity contribution >= 4 is 66.8 Å². The topological polar surface area (TPSA) is 79.1 Å². The van der Waals surface area contributed by atoms with E-state index in [9.17, 15) is 9.59 Å². The summed E-state index contributed by atoms with van der Waals surface area (Å²) in [7, 11) is 0. The Kier molecular flexibility index (Phi) is 10.1. The Morgan fingerprint density at radius 2 is 1.86 bits per heavy atom. The summed E-state index contributed by atoms with van der Waals surface area (Å²) < 4.78 is 21.4. The molecule has 0 N–H and O–H groups in total. The molecule has 7 nitrogen and oxygen atoms in total. The maximum absolute atomic E-state index is 14.2. The fourth-order valence-electron chi connectivity index (χ4n) is 4.87. The third-order valence-corrected chi connectivity index (χ3v) is 9.03. The predicted octanol–water partition coefficient (Wildman–Crippen LogP) is 7.34. The van der Waals surface area contributed by atoms with E-state index in [1.165, 1.54) is 11.3 Å². The van der Waals surface area contributed by atoms with Gasteiger partial charge in [-0.15, -0.1) is 0 Å². The summed E-state index contributed by atoms with van der Waals surface area (Å²) in [6.45, 7) is 7.84. The number of carbonyl (C=O) groups excluding carboxylic acids is 1. The number of rotatable bonds is 9. The number of esters is 1. The van der Waals surface area contributed by atoms with E-state index in [-0.39, 0.29) is 23.8 Å². The van der Waals surface area contributed by atoms with E-state index in [4.69, 9.17) is 25.8 Å². The third-order valence-electron chi connectivity index (χ3n) is 6.71. The average Bonchev–Trinajstić information content (AvgIpc) is 3.26. The number of halogens is 3. The van der Waals surface area contributed by atoms with Gasteiger partial charge in [0, 0.05) is 20.6 Å². The number of fused-ring (bicyclic) bond motifs is 1. The number of carbonyl (C=O) groups is 1. The second-order valence-corrected chi connectivity index (χ2v) is 13.4. The van der Waals surface area contributed by atoms with Crippen LogP contribution in [0.25, 0.3) is 6.08 Å². The van der Waals surface area contributed by atoms with Gasteiger partial charge in [-0.25, -0.2) is 9.79 Å². The molecule has 0 saturated carbocycles. The number of hydrogen-bond donors (Lipinski definition) is 0. The van der Waals surface area contributed by atoms with Crippen LogP contribution in [0.5, 0.6) is 11.5 Å². The molecule has 2 heterocycles. The summed E-state index contributed by atoms with van der Waals surface area (Å²) in [4.78, 5) is 32.7. The number of benzene rings is 3. The van der Waals surface area contributed by atoms with Gasteiger partial charge in [-0.05, 0) is 85.6 Å². The number of hydrogen-bond acceptors (Lipinski definition) is 7. The summed E-state index contributed by atoms with van der Waals surface area (Å²) in [6.07, 6.45) is 1.62. The van der Waals surface area contributed by atoms with Crippen molar-refractivity contribution in [3.8, 4) is 11.5 Å². The molecular weight excluding hydrogens is 732 g/mol. The first kappa shape index (κ1) is 32.2. The van der Waals surface area contributed by atoms with Crippen LogP contribution in [0.2, 0.25) is 5.02 Å². The lowest BCUT2D eigenvalue weighted by molar-refractivity contribution is -0.139. The van der Waals surface area contributed by atoms with E-state index in [0.29, 0.717) is 53.8 Å². The van der Waals surface area contributed by atoms with Crippen molar-refractivity contribution in [1.82, 2.24) is 4.57 Å². The zero-order valence-electron chi connectivity index (χ0n) is 24.4. The van der Waals surface area contributed by atoms with E-state index >= 15 is 0 Å². The third kappa shape index (κ3) is 6.88. The summed E-state index contributed by atoms with van der Waals surface area (Å²) >= 11 is 14.7. The summed E-state index contributed by atoms with van der Waals surface area (Å²) in [5.74, 6) is 0.578. The maximum atomic E-state index is 14.2. The zero-order chi connectivity index (χ0) is 31.5. The first-order valence-corrected chi connectivity index (χ1v) is 16.7. The highest BCUT2D eigenvalue weighted by atomic mass is 79.9. The molecular formula is C33H29Br2ClN2O5S. The Morgan fingerprint density at radius 1 is 1.14 bits per heavy atom. The normalized spacial score (nSPS) is 14.8. The molecule has 3 aromatic carbocycles. The lowest BCUT2D eigenvalue weighted by Crippen LogP contribution is -2.40. The van der Waals surface area contributed by atoms with Crippen LogP contribution in [-0.4, -0.2) is 23.2 Å². The number of ether oxygens (including phenoxy) is 3. The van der Waals surface area contributed by atoms with E-state index in [1.54, 1.807) is 36.6 Å². The Bertz CT molecular complexity index is 1930. The molecule has 0 aliphatic carbocycles. The van der Waals surface area contributed by atoms with Crippen molar-refractivity contribution in [1.29, 1.82) is 0 Å². The van der Waals surface area contributed by atoms with Crippen molar-refractivity contribution in [2.24, 2.45) is 4.99 Å². The van der Waals surface area contributed by atoms with E-state index in [0.717, 1.165) is 10.0 Å². The highest BCUT2D eigenvalue weighted by molar-refractivity contribution is 9.10. The molecule has 0 spiro atoms. The van der Waals surface area contributed by atoms with Gasteiger partial charge in [0.25, 0.3) is 5.56 Å². The smallest absolute Gasteiger partial charge is 0.338 e. The molecule has 0 bridgehead atoms. The first-order valence-electron chi connectivity index (χ1n) is 13.9. The Balaban J connectivity index is 1.67. The number of para-hydroxylation sites is 1. The lowest BCUT2D eigenvalue weighted by atomic mass is 9.95. The van der Waals surface area contributed by atoms with Gasteiger partial charge < -0.3 is 14.2 Å². The van der Waals surface area contributed by atoms with Gasteiger partial charge in [0.05, 0.1) is 33.0 Å². The molecule has 1 atom stereocenters. The van der Waals surface area contributed by atoms with Gasteiger partial charge in [-0.2, -0.15) is 0 Å². The van der Waals surface area contributed by atoms with Gasteiger partial charge in [0.1, 0.15) is 24.1 Å². The minimum absolute atomic E-state index is 0.125. The molecule has 5 rings (SSSR count). The van der Waals surface area contributed by atoms with Crippen LogP contribution in [0.4, 0.5) is 0 Å². The van der Waals surface area contributed by atoms with Crippen molar-refractivity contribution in [2.75, 3.05) is 6.61 Å². The Labute approximate surface area is 280 Å². The Hall–Kier alpha value is -3.18. The number of allylic oxidation sites excluding steroid dienone is 1. The summed E-state index contributed by atoms with van der Waals surface area (Å²) in [5, 5.41) is 0.477. The standard InChI is InChI=1S/C33H29Br2ClN2O5S/c1-5-41-32(40)28-19(4)37-33-38(29(28)24-8-6-7-9-26(24)43-18(2)3)31(39)27(44-33)15-21-14-23(36)16-25(35)30(21)42-17-20-10-12-22(34)13-11-20/h6-16,18,29H,5,17H2,1-4H3/b27-15-/t29-/m1/s1. The first-order chi connectivity index (χ1) is 21.1. The number of thiazole rings is 1. The molecule has 0 amide bonds. The quantitative estimate of drug-likeness (QED) is 0.167. The van der Waals surface area contributed by atoms with Crippen molar-refractivity contribution in [3.05, 3.63) is 122 Å². The van der Waals surface area contributed by atoms with E-state index in [1.807, 2.05) is 62.4 Å². The molecule has 1 aromatic heterocycles. The largest absolute Gasteiger partial charge is 0.491 e. The molecule has 44 heavy (non-hydrogen) atoms. The molecule has 0 saturated heterocycles. The molecule has 11 heteroatoms. The van der Waals surface area contributed by atoms with Crippen LogP contribution in [0.1, 0.15) is 50.4 Å². The molecule has 1 aliphatic heterocycles. The van der Waals surface area contributed by atoms with Crippen molar-refractivity contribution in [2.45, 2.75) is 46.4 Å². The fraction of sp³-hybridized carbons (Fsp3) is 0.242. The van der Waals surface area contributed by atoms with Crippen LogP contribution in [0.3, 0.4) is 0 Å². The summed E-state index contributed by atoms with van der Waals surface area (Å²) in [5.41, 5.74) is 2.70. The zero-order valence-corrected chi connectivity index (χ0v) is 29.1.